The van der Waals surface area contributed by atoms with Crippen LogP contribution in [0.2, 0.25) is 10.0 Å². The molecule has 0 bridgehead atoms. The summed E-state index contributed by atoms with van der Waals surface area (Å²) in [4.78, 5) is 12.6. The van der Waals surface area contributed by atoms with Gasteiger partial charge in [-0.3, -0.25) is 9.10 Å². The molecule has 0 atom stereocenters. The third kappa shape index (κ3) is 6.81. The van der Waals surface area contributed by atoms with Crippen LogP contribution in [0.1, 0.15) is 21.5 Å². The Morgan fingerprint density at radius 2 is 1.57 bits per heavy atom. The molecule has 3 aromatic rings. The fraction of sp³-hybridized carbons (Fsp3) is 0.240. The maximum absolute atomic E-state index is 12.6. The van der Waals surface area contributed by atoms with Crippen LogP contribution in [0, 0.1) is 0 Å². The number of carbonyl (C=O) groups excluding carboxylic acids is 1. The largest absolute Gasteiger partial charge is 0.493 e. The van der Waals surface area contributed by atoms with Crippen LogP contribution in [0.5, 0.6) is 11.5 Å². The van der Waals surface area contributed by atoms with Crippen molar-refractivity contribution in [1.29, 1.82) is 0 Å². The highest BCUT2D eigenvalue weighted by molar-refractivity contribution is 7.92. The van der Waals surface area contributed by atoms with Crippen molar-refractivity contribution < 1.29 is 22.7 Å². The van der Waals surface area contributed by atoms with Gasteiger partial charge in [0.15, 0.2) is 11.5 Å². The summed E-state index contributed by atoms with van der Waals surface area (Å²) < 4.78 is 36.7. The highest BCUT2D eigenvalue weighted by Crippen LogP contribution is 2.30. The number of sulfonamides is 1. The lowest BCUT2D eigenvalue weighted by Crippen LogP contribution is -2.30. The molecule has 0 spiro atoms. The number of hydrogen-bond acceptors (Lipinski definition) is 5. The number of nitrogens with zero attached hydrogens (tertiary/aromatic N) is 1. The molecule has 35 heavy (non-hydrogen) atoms. The van der Waals surface area contributed by atoms with Crippen molar-refractivity contribution in [1.82, 2.24) is 5.32 Å². The van der Waals surface area contributed by atoms with E-state index in [1.165, 1.54) is 4.31 Å². The van der Waals surface area contributed by atoms with Gasteiger partial charge < -0.3 is 14.8 Å². The first-order valence-corrected chi connectivity index (χ1v) is 13.2. The molecule has 0 aliphatic carbocycles. The monoisotopic (exact) mass is 536 g/mol. The molecule has 0 saturated carbocycles. The van der Waals surface area contributed by atoms with Crippen molar-refractivity contribution in [3.63, 3.8) is 0 Å². The molecule has 10 heteroatoms. The summed E-state index contributed by atoms with van der Waals surface area (Å²) in [5.74, 6) is 0.998. The van der Waals surface area contributed by atoms with Crippen LogP contribution >= 0.6 is 23.2 Å². The Hall–Kier alpha value is -2.94. The fourth-order valence-corrected chi connectivity index (χ4v) is 4.85. The van der Waals surface area contributed by atoms with E-state index in [9.17, 15) is 13.2 Å². The molecule has 0 heterocycles. The van der Waals surface area contributed by atoms with E-state index in [0.29, 0.717) is 51.3 Å². The Morgan fingerprint density at radius 1 is 0.943 bits per heavy atom. The van der Waals surface area contributed by atoms with Crippen molar-refractivity contribution in [2.45, 2.75) is 13.0 Å². The van der Waals surface area contributed by atoms with Crippen LogP contribution in [0.25, 0.3) is 0 Å². The molecule has 186 valence electrons. The third-order valence-electron chi connectivity index (χ3n) is 5.33. The molecule has 0 unspecified atom stereocenters. The van der Waals surface area contributed by atoms with Crippen LogP contribution in [-0.4, -0.2) is 41.3 Å². The normalized spacial score (nSPS) is 11.1. The van der Waals surface area contributed by atoms with Crippen molar-refractivity contribution in [2.24, 2.45) is 0 Å². The molecular formula is C25H26Cl2N2O5S. The number of anilines is 1. The highest BCUT2D eigenvalue weighted by Gasteiger charge is 2.21. The first-order valence-electron chi connectivity index (χ1n) is 10.6. The van der Waals surface area contributed by atoms with E-state index >= 15 is 0 Å². The van der Waals surface area contributed by atoms with Gasteiger partial charge >= 0.3 is 0 Å². The fourth-order valence-electron chi connectivity index (χ4n) is 3.46. The summed E-state index contributed by atoms with van der Waals surface area (Å²) in [6, 6.07) is 16.9. The summed E-state index contributed by atoms with van der Waals surface area (Å²) in [6.45, 7) is 0.380. The molecular weight excluding hydrogens is 511 g/mol. The average Bonchev–Trinajstić information content (AvgIpc) is 2.83. The maximum Gasteiger partial charge on any atom is 0.251 e. The number of amides is 1. The number of carbonyl (C=O) groups is 1. The summed E-state index contributed by atoms with van der Waals surface area (Å²) in [5, 5.41) is 3.61. The van der Waals surface area contributed by atoms with E-state index in [-0.39, 0.29) is 12.5 Å². The molecule has 0 aliphatic heterocycles. The van der Waals surface area contributed by atoms with Crippen molar-refractivity contribution in [3.8, 4) is 11.5 Å². The first kappa shape index (κ1) is 26.7. The van der Waals surface area contributed by atoms with Crippen molar-refractivity contribution in [3.05, 3.63) is 87.4 Å². The Morgan fingerprint density at radius 3 is 2.14 bits per heavy atom. The molecule has 0 aromatic heterocycles. The minimum atomic E-state index is -3.64. The van der Waals surface area contributed by atoms with Gasteiger partial charge in [0.1, 0.15) is 0 Å². The number of ether oxygens (including phenoxy) is 2. The average molecular weight is 537 g/mol. The molecule has 3 aromatic carbocycles. The smallest absolute Gasteiger partial charge is 0.251 e. The maximum atomic E-state index is 12.6. The van der Waals surface area contributed by atoms with E-state index in [4.69, 9.17) is 32.7 Å². The van der Waals surface area contributed by atoms with Crippen LogP contribution in [0.4, 0.5) is 5.69 Å². The Kier molecular flexibility index (Phi) is 8.88. The molecule has 0 fully saturated rings. The van der Waals surface area contributed by atoms with Gasteiger partial charge in [0.2, 0.25) is 10.0 Å². The number of rotatable bonds is 10. The van der Waals surface area contributed by atoms with Gasteiger partial charge in [0.25, 0.3) is 5.91 Å². The zero-order valence-corrected chi connectivity index (χ0v) is 21.9. The quantitative estimate of drug-likeness (QED) is 0.396. The summed E-state index contributed by atoms with van der Waals surface area (Å²) in [6.07, 6.45) is 1.71. The zero-order valence-electron chi connectivity index (χ0n) is 19.5. The molecule has 7 nitrogen and oxygen atoms in total. The van der Waals surface area contributed by atoms with Crippen LogP contribution in [0.3, 0.4) is 0 Å². The molecule has 1 amide bonds. The van der Waals surface area contributed by atoms with Gasteiger partial charge in [-0.15, -0.1) is 0 Å². The van der Waals surface area contributed by atoms with E-state index in [1.54, 1.807) is 56.7 Å². The van der Waals surface area contributed by atoms with Crippen molar-refractivity contribution >= 4 is 44.8 Å². The Balaban J connectivity index is 1.68. The van der Waals surface area contributed by atoms with Crippen molar-refractivity contribution in [2.75, 3.05) is 31.3 Å². The Bertz CT molecular complexity index is 1280. The molecule has 0 saturated heterocycles. The van der Waals surface area contributed by atoms with Gasteiger partial charge in [-0.2, -0.15) is 0 Å². The lowest BCUT2D eigenvalue weighted by molar-refractivity contribution is 0.0954. The minimum absolute atomic E-state index is 0.0335. The van der Waals surface area contributed by atoms with Gasteiger partial charge in [0.05, 0.1) is 32.7 Å². The van der Waals surface area contributed by atoms with E-state index < -0.39 is 10.0 Å². The van der Waals surface area contributed by atoms with Gasteiger partial charge in [-0.25, -0.2) is 8.42 Å². The number of nitrogens with one attached hydrogen (secondary N) is 1. The SMILES string of the molecule is COc1ccc(CCNC(=O)c2ccc(N(Cc3c(Cl)cccc3Cl)S(C)(=O)=O)cc2)cc1OC. The van der Waals surface area contributed by atoms with E-state index in [2.05, 4.69) is 5.32 Å². The minimum Gasteiger partial charge on any atom is -0.493 e. The van der Waals surface area contributed by atoms with E-state index in [0.717, 1.165) is 11.8 Å². The third-order valence-corrected chi connectivity index (χ3v) is 7.18. The summed E-state index contributed by atoms with van der Waals surface area (Å²) in [7, 11) is -0.498. The lowest BCUT2D eigenvalue weighted by Gasteiger charge is -2.23. The summed E-state index contributed by atoms with van der Waals surface area (Å²) >= 11 is 12.5. The second-order valence-corrected chi connectivity index (χ2v) is 10.4. The molecule has 3 rings (SSSR count). The van der Waals surface area contributed by atoms with Gasteiger partial charge in [0, 0.05) is 27.7 Å². The second kappa shape index (κ2) is 11.7. The van der Waals surface area contributed by atoms with Gasteiger partial charge in [-0.05, 0) is 60.5 Å². The number of methoxy groups -OCH3 is 2. The lowest BCUT2D eigenvalue weighted by atomic mass is 10.1. The van der Waals surface area contributed by atoms with Crippen LogP contribution in [-0.2, 0) is 23.0 Å². The highest BCUT2D eigenvalue weighted by atomic mass is 35.5. The predicted molar refractivity (Wildman–Crippen MR) is 140 cm³/mol. The topological polar surface area (TPSA) is 84.9 Å². The molecule has 1 N–H and O–H groups in total. The first-order chi connectivity index (χ1) is 16.6. The second-order valence-electron chi connectivity index (χ2n) is 7.71. The standard InChI is InChI=1S/C25H26Cl2N2O5S/c1-33-23-12-7-17(15-24(23)34-2)13-14-28-25(30)18-8-10-19(11-9-18)29(35(3,31)32)16-20-21(26)5-4-6-22(20)27/h4-12,15H,13-14,16H2,1-3H3,(H,28,30). The van der Waals surface area contributed by atoms with Gasteiger partial charge in [-0.1, -0.05) is 35.3 Å². The summed E-state index contributed by atoms with van der Waals surface area (Å²) in [5.41, 5.74) is 2.29. The number of halogens is 2. The Labute approximate surface area is 215 Å². The van der Waals surface area contributed by atoms with E-state index in [1.807, 2.05) is 18.2 Å². The number of benzene rings is 3. The van der Waals surface area contributed by atoms with Crippen LogP contribution < -0.4 is 19.1 Å². The molecule has 0 radical (unpaired) electrons. The zero-order chi connectivity index (χ0) is 25.6. The number of hydrogen-bond donors (Lipinski definition) is 1. The predicted octanol–water partition coefficient (Wildman–Crippen LogP) is 4.95. The molecule has 0 aliphatic rings. The van der Waals surface area contributed by atoms with Crippen LogP contribution in [0.15, 0.2) is 60.7 Å².